The molecule has 2 aromatic carbocycles. The summed E-state index contributed by atoms with van der Waals surface area (Å²) in [4.78, 5) is 16.8. The molecule has 140 valence electrons. The van der Waals surface area contributed by atoms with Crippen LogP contribution in [0.2, 0.25) is 0 Å². The summed E-state index contributed by atoms with van der Waals surface area (Å²) >= 11 is 1.48. The molecule has 1 aromatic heterocycles. The number of ether oxygens (including phenoxy) is 1. The Bertz CT molecular complexity index is 1030. The van der Waals surface area contributed by atoms with Crippen molar-refractivity contribution in [1.29, 1.82) is 0 Å². The zero-order valence-corrected chi connectivity index (χ0v) is 16.5. The van der Waals surface area contributed by atoms with E-state index in [1.807, 2.05) is 35.7 Å². The molecule has 6 nitrogen and oxygen atoms in total. The van der Waals surface area contributed by atoms with Gasteiger partial charge in [0.15, 0.2) is 0 Å². The Labute approximate surface area is 162 Å². The number of esters is 1. The predicted octanol–water partition coefficient (Wildman–Crippen LogP) is 3.42. The fraction of sp³-hybridized carbons (Fsp3) is 0.158. The second-order valence-electron chi connectivity index (χ2n) is 5.90. The number of hydrogen-bond acceptors (Lipinski definition) is 6. The number of carbonyl (C=O) groups is 1. The summed E-state index contributed by atoms with van der Waals surface area (Å²) in [6.07, 6.45) is 0. The third-order valence-electron chi connectivity index (χ3n) is 3.79. The fourth-order valence-corrected chi connectivity index (χ4v) is 4.00. The Morgan fingerprint density at radius 3 is 2.37 bits per heavy atom. The van der Waals surface area contributed by atoms with Crippen molar-refractivity contribution in [3.63, 3.8) is 0 Å². The van der Waals surface area contributed by atoms with Gasteiger partial charge in [-0.25, -0.2) is 22.5 Å². The summed E-state index contributed by atoms with van der Waals surface area (Å²) in [7, 11) is -0.619. The highest BCUT2D eigenvalue weighted by atomic mass is 32.2. The van der Waals surface area contributed by atoms with E-state index in [4.69, 9.17) is 4.74 Å². The average molecular weight is 402 g/mol. The van der Waals surface area contributed by atoms with Gasteiger partial charge in [0.2, 0.25) is 10.0 Å². The fourth-order valence-electron chi connectivity index (χ4n) is 2.28. The number of carbonyl (C=O) groups excluding carboxylic acids is 1. The van der Waals surface area contributed by atoms with Crippen LogP contribution in [0.25, 0.3) is 10.6 Å². The number of sulfonamides is 1. The first-order valence-corrected chi connectivity index (χ1v) is 10.4. The number of aromatic nitrogens is 1. The molecule has 3 aromatic rings. The molecule has 0 amide bonds. The smallest absolute Gasteiger partial charge is 0.338 e. The molecule has 27 heavy (non-hydrogen) atoms. The monoisotopic (exact) mass is 402 g/mol. The van der Waals surface area contributed by atoms with Gasteiger partial charge in [0.1, 0.15) is 11.6 Å². The highest BCUT2D eigenvalue weighted by Gasteiger charge is 2.18. The first kappa shape index (κ1) is 19.2. The minimum atomic E-state index is -3.53. The van der Waals surface area contributed by atoms with Crippen LogP contribution in [0, 0.1) is 0 Å². The molecule has 0 aliphatic carbocycles. The zero-order chi connectivity index (χ0) is 19.4. The van der Waals surface area contributed by atoms with Gasteiger partial charge < -0.3 is 4.74 Å². The van der Waals surface area contributed by atoms with Gasteiger partial charge in [-0.2, -0.15) is 0 Å². The van der Waals surface area contributed by atoms with Crippen LogP contribution < -0.4 is 0 Å². The largest absolute Gasteiger partial charge is 0.456 e. The van der Waals surface area contributed by atoms with Gasteiger partial charge in [-0.05, 0) is 24.3 Å². The maximum atomic E-state index is 12.2. The van der Waals surface area contributed by atoms with Gasteiger partial charge in [0.05, 0.1) is 16.2 Å². The minimum absolute atomic E-state index is 0.0555. The van der Waals surface area contributed by atoms with E-state index in [-0.39, 0.29) is 17.1 Å². The van der Waals surface area contributed by atoms with Gasteiger partial charge in [0, 0.05) is 25.0 Å². The molecule has 0 saturated heterocycles. The number of benzene rings is 2. The number of thiazole rings is 1. The first-order chi connectivity index (χ1) is 12.9. The van der Waals surface area contributed by atoms with Crippen molar-refractivity contribution in [2.75, 3.05) is 14.1 Å². The summed E-state index contributed by atoms with van der Waals surface area (Å²) in [5.74, 6) is -0.530. The third kappa shape index (κ3) is 4.41. The molecular formula is C19H18N2O4S2. The van der Waals surface area contributed by atoms with Crippen LogP contribution in [-0.2, 0) is 21.4 Å². The van der Waals surface area contributed by atoms with E-state index in [1.54, 1.807) is 0 Å². The Morgan fingerprint density at radius 2 is 1.74 bits per heavy atom. The molecular weight excluding hydrogens is 384 g/mol. The maximum Gasteiger partial charge on any atom is 0.338 e. The third-order valence-corrected chi connectivity index (χ3v) is 6.56. The second kappa shape index (κ2) is 7.99. The number of hydrogen-bond donors (Lipinski definition) is 0. The summed E-state index contributed by atoms with van der Waals surface area (Å²) < 4.78 is 30.5. The Kier molecular flexibility index (Phi) is 5.69. The molecule has 0 radical (unpaired) electrons. The lowest BCUT2D eigenvalue weighted by molar-refractivity contribution is 0.0468. The Morgan fingerprint density at radius 1 is 1.07 bits per heavy atom. The van der Waals surface area contributed by atoms with Crippen LogP contribution in [0.4, 0.5) is 0 Å². The zero-order valence-electron chi connectivity index (χ0n) is 14.8. The normalized spacial score (nSPS) is 11.5. The van der Waals surface area contributed by atoms with Crippen molar-refractivity contribution in [2.24, 2.45) is 0 Å². The number of rotatable bonds is 6. The van der Waals surface area contributed by atoms with Gasteiger partial charge in [-0.15, -0.1) is 11.3 Å². The SMILES string of the molecule is CN(C)S(=O)(=O)c1ccc(C(=O)OCc2csc(-c3ccccc3)n2)cc1. The van der Waals surface area contributed by atoms with Gasteiger partial charge in [-0.1, -0.05) is 30.3 Å². The van der Waals surface area contributed by atoms with E-state index in [1.165, 1.54) is 49.7 Å². The average Bonchev–Trinajstić information content (AvgIpc) is 3.16. The highest BCUT2D eigenvalue weighted by molar-refractivity contribution is 7.89. The molecule has 3 rings (SSSR count). The molecule has 0 aliphatic heterocycles. The summed E-state index contributed by atoms with van der Waals surface area (Å²) in [6, 6.07) is 15.4. The topological polar surface area (TPSA) is 76.6 Å². The Hall–Kier alpha value is -2.55. The Balaban J connectivity index is 1.64. The predicted molar refractivity (Wildman–Crippen MR) is 104 cm³/mol. The lowest BCUT2D eigenvalue weighted by Crippen LogP contribution is -2.22. The van der Waals surface area contributed by atoms with Crippen LogP contribution in [0.5, 0.6) is 0 Å². The summed E-state index contributed by atoms with van der Waals surface area (Å²) in [5.41, 5.74) is 1.96. The van der Waals surface area contributed by atoms with Crippen LogP contribution in [0.15, 0.2) is 64.9 Å². The highest BCUT2D eigenvalue weighted by Crippen LogP contribution is 2.23. The first-order valence-electron chi connectivity index (χ1n) is 8.07. The second-order valence-corrected chi connectivity index (χ2v) is 8.91. The molecule has 1 heterocycles. The van der Waals surface area contributed by atoms with E-state index in [0.29, 0.717) is 5.69 Å². The van der Waals surface area contributed by atoms with E-state index in [0.717, 1.165) is 14.9 Å². The van der Waals surface area contributed by atoms with E-state index in [2.05, 4.69) is 4.98 Å². The van der Waals surface area contributed by atoms with Crippen molar-refractivity contribution in [1.82, 2.24) is 9.29 Å². The van der Waals surface area contributed by atoms with Gasteiger partial charge in [0.25, 0.3) is 0 Å². The van der Waals surface area contributed by atoms with E-state index >= 15 is 0 Å². The standard InChI is InChI=1S/C19H18N2O4S2/c1-21(2)27(23,24)17-10-8-15(9-11-17)19(22)25-12-16-13-26-18(20-16)14-6-4-3-5-7-14/h3-11,13H,12H2,1-2H3. The van der Waals surface area contributed by atoms with Crippen molar-refractivity contribution in [3.05, 3.63) is 71.2 Å². The molecule has 0 saturated carbocycles. The van der Waals surface area contributed by atoms with Crippen LogP contribution >= 0.6 is 11.3 Å². The molecule has 0 aliphatic rings. The van der Waals surface area contributed by atoms with Crippen molar-refractivity contribution in [2.45, 2.75) is 11.5 Å². The molecule has 0 bridgehead atoms. The van der Waals surface area contributed by atoms with Crippen molar-refractivity contribution >= 4 is 27.3 Å². The van der Waals surface area contributed by atoms with Gasteiger partial charge >= 0.3 is 5.97 Å². The van der Waals surface area contributed by atoms with Crippen LogP contribution in [0.3, 0.4) is 0 Å². The lowest BCUT2D eigenvalue weighted by atomic mass is 10.2. The van der Waals surface area contributed by atoms with Crippen LogP contribution in [0.1, 0.15) is 16.1 Å². The molecule has 8 heteroatoms. The lowest BCUT2D eigenvalue weighted by Gasteiger charge is -2.11. The molecule has 0 fully saturated rings. The summed E-state index contributed by atoms with van der Waals surface area (Å²) in [6.45, 7) is 0.0555. The maximum absolute atomic E-state index is 12.2. The van der Waals surface area contributed by atoms with E-state index in [9.17, 15) is 13.2 Å². The quantitative estimate of drug-likeness (QED) is 0.591. The molecule has 0 spiro atoms. The van der Waals surface area contributed by atoms with Crippen molar-refractivity contribution < 1.29 is 17.9 Å². The minimum Gasteiger partial charge on any atom is -0.456 e. The number of nitrogens with zero attached hydrogens (tertiary/aromatic N) is 2. The van der Waals surface area contributed by atoms with Crippen molar-refractivity contribution in [3.8, 4) is 10.6 Å². The molecule has 0 N–H and O–H groups in total. The molecule has 0 unspecified atom stereocenters. The molecule has 0 atom stereocenters. The summed E-state index contributed by atoms with van der Waals surface area (Å²) in [5, 5.41) is 2.71. The van der Waals surface area contributed by atoms with Crippen LogP contribution in [-0.4, -0.2) is 37.8 Å². The van der Waals surface area contributed by atoms with Gasteiger partial charge in [-0.3, -0.25) is 0 Å². The van der Waals surface area contributed by atoms with E-state index < -0.39 is 16.0 Å².